The van der Waals surface area contributed by atoms with Crippen molar-refractivity contribution in [2.75, 3.05) is 32.3 Å². The lowest BCUT2D eigenvalue weighted by atomic mass is 9.82. The zero-order valence-corrected chi connectivity index (χ0v) is 21.6. The summed E-state index contributed by atoms with van der Waals surface area (Å²) >= 11 is 0. The van der Waals surface area contributed by atoms with Gasteiger partial charge in [-0.3, -0.25) is 4.79 Å². The van der Waals surface area contributed by atoms with Gasteiger partial charge in [-0.25, -0.2) is 9.78 Å². The van der Waals surface area contributed by atoms with Crippen molar-refractivity contribution in [3.05, 3.63) is 60.2 Å². The summed E-state index contributed by atoms with van der Waals surface area (Å²) in [7, 11) is 3.11. The van der Waals surface area contributed by atoms with Crippen LogP contribution >= 0.6 is 0 Å². The number of aromatic nitrogens is 1. The average Bonchev–Trinajstić information content (AvgIpc) is 2.90. The fraction of sp³-hybridized carbons (Fsp3) is 0.414. The van der Waals surface area contributed by atoms with Gasteiger partial charge in [-0.05, 0) is 61.9 Å². The van der Waals surface area contributed by atoms with Gasteiger partial charge < -0.3 is 24.2 Å². The number of nitrogens with zero attached hydrogens (tertiary/aromatic N) is 2. The summed E-state index contributed by atoms with van der Waals surface area (Å²) in [6, 6.07) is 15.6. The number of para-hydroxylation sites is 1. The lowest BCUT2D eigenvalue weighted by Crippen LogP contribution is -2.49. The van der Waals surface area contributed by atoms with Crippen molar-refractivity contribution >= 4 is 28.5 Å². The molecule has 1 aliphatic rings. The fourth-order valence-corrected chi connectivity index (χ4v) is 4.97. The molecule has 0 radical (unpaired) electrons. The fourth-order valence-electron chi connectivity index (χ4n) is 4.97. The number of carbonyl (C=O) groups is 2. The number of carboxylic acid groups (broad SMARTS) is 1. The Morgan fingerprint density at radius 1 is 1.00 bits per heavy atom. The Hall–Kier alpha value is -3.49. The van der Waals surface area contributed by atoms with Crippen LogP contribution in [0.15, 0.2) is 54.6 Å². The highest BCUT2D eigenvalue weighted by Gasteiger charge is 2.35. The molecule has 1 heterocycles. The molecule has 0 saturated heterocycles. The van der Waals surface area contributed by atoms with Crippen LogP contribution in [0.25, 0.3) is 10.9 Å². The SMILES string of the molecule is COCC(COC)N(c1ccc(Oc2ccc3ccccc3n2)cc1C(=O)O)C(=O)[C@H]1CC[C@H](C)CC1. The minimum atomic E-state index is -1.16. The third kappa shape index (κ3) is 6.26. The predicted octanol–water partition coefficient (Wildman–Crippen LogP) is 5.55. The number of carbonyl (C=O) groups excluding carboxylic acids is 1. The summed E-state index contributed by atoms with van der Waals surface area (Å²) in [5, 5.41) is 11.1. The van der Waals surface area contributed by atoms with Gasteiger partial charge in [0.15, 0.2) is 0 Å². The smallest absolute Gasteiger partial charge is 0.337 e. The third-order valence-corrected chi connectivity index (χ3v) is 6.94. The third-order valence-electron chi connectivity index (χ3n) is 6.94. The van der Waals surface area contributed by atoms with Crippen molar-refractivity contribution in [1.82, 2.24) is 4.98 Å². The number of carboxylic acids is 1. The zero-order valence-electron chi connectivity index (χ0n) is 21.6. The van der Waals surface area contributed by atoms with E-state index in [1.165, 1.54) is 6.07 Å². The van der Waals surface area contributed by atoms with Crippen molar-refractivity contribution in [3.8, 4) is 11.6 Å². The monoisotopic (exact) mass is 506 g/mol. The number of benzene rings is 2. The van der Waals surface area contributed by atoms with Gasteiger partial charge in [-0.15, -0.1) is 0 Å². The van der Waals surface area contributed by atoms with Gasteiger partial charge in [0, 0.05) is 31.6 Å². The van der Waals surface area contributed by atoms with Crippen molar-refractivity contribution < 1.29 is 28.9 Å². The van der Waals surface area contributed by atoms with Gasteiger partial charge in [-0.2, -0.15) is 0 Å². The van der Waals surface area contributed by atoms with Gasteiger partial charge in [0.25, 0.3) is 0 Å². The van der Waals surface area contributed by atoms with E-state index in [0.717, 1.165) is 36.6 Å². The molecule has 0 bridgehead atoms. The van der Waals surface area contributed by atoms with Crippen molar-refractivity contribution in [1.29, 1.82) is 0 Å². The molecule has 0 spiro atoms. The van der Waals surface area contributed by atoms with E-state index in [1.807, 2.05) is 30.3 Å². The quantitative estimate of drug-likeness (QED) is 0.385. The Morgan fingerprint density at radius 3 is 2.38 bits per heavy atom. The van der Waals surface area contributed by atoms with E-state index >= 15 is 0 Å². The van der Waals surface area contributed by atoms with Gasteiger partial charge in [0.05, 0.1) is 36.0 Å². The van der Waals surface area contributed by atoms with Crippen LogP contribution in [-0.4, -0.2) is 55.4 Å². The van der Waals surface area contributed by atoms with Crippen LogP contribution < -0.4 is 9.64 Å². The molecule has 1 saturated carbocycles. The molecule has 1 amide bonds. The highest BCUT2D eigenvalue weighted by atomic mass is 16.5. The molecular formula is C29H34N2O6. The Morgan fingerprint density at radius 2 is 1.70 bits per heavy atom. The molecule has 1 fully saturated rings. The second-order valence-electron chi connectivity index (χ2n) is 9.66. The summed E-state index contributed by atoms with van der Waals surface area (Å²) < 4.78 is 16.7. The molecule has 4 rings (SSSR count). The van der Waals surface area contributed by atoms with Crippen LogP contribution in [0.2, 0.25) is 0 Å². The zero-order chi connectivity index (χ0) is 26.4. The van der Waals surface area contributed by atoms with Gasteiger partial charge >= 0.3 is 5.97 Å². The van der Waals surface area contributed by atoms with Gasteiger partial charge in [-0.1, -0.05) is 25.1 Å². The highest BCUT2D eigenvalue weighted by Crippen LogP contribution is 2.35. The van der Waals surface area contributed by atoms with Crippen LogP contribution in [0.5, 0.6) is 11.6 Å². The standard InChI is InChI=1S/C29H34N2O6/c1-19-8-10-21(11-9-19)28(32)31(22(17-35-2)18-36-3)26-14-13-23(16-24(26)29(33)34)37-27-15-12-20-6-4-5-7-25(20)30-27/h4-7,12-16,19,21-22H,8-11,17-18H2,1-3H3,(H,33,34)/t19-,21-. The first-order chi connectivity index (χ1) is 17.9. The first kappa shape index (κ1) is 26.6. The summed E-state index contributed by atoms with van der Waals surface area (Å²) in [6.45, 7) is 2.62. The van der Waals surface area contributed by atoms with E-state index in [-0.39, 0.29) is 30.6 Å². The Bertz CT molecular complexity index is 1230. The molecule has 8 heteroatoms. The summed E-state index contributed by atoms with van der Waals surface area (Å²) in [4.78, 5) is 32.3. The maximum atomic E-state index is 13.9. The topological polar surface area (TPSA) is 98.2 Å². The van der Waals surface area contributed by atoms with E-state index in [4.69, 9.17) is 14.2 Å². The second-order valence-corrected chi connectivity index (χ2v) is 9.66. The normalized spacial score (nSPS) is 17.6. The molecule has 37 heavy (non-hydrogen) atoms. The number of ether oxygens (including phenoxy) is 3. The van der Waals surface area contributed by atoms with Crippen molar-refractivity contribution in [3.63, 3.8) is 0 Å². The number of pyridine rings is 1. The van der Waals surface area contributed by atoms with Gasteiger partial charge in [0.1, 0.15) is 5.75 Å². The number of hydrogen-bond donors (Lipinski definition) is 1. The van der Waals surface area contributed by atoms with Gasteiger partial charge in [0.2, 0.25) is 11.8 Å². The van der Waals surface area contributed by atoms with Crippen LogP contribution in [-0.2, 0) is 14.3 Å². The molecule has 1 N–H and O–H groups in total. The molecule has 3 aromatic rings. The minimum absolute atomic E-state index is 0.0342. The number of anilines is 1. The first-order valence-corrected chi connectivity index (χ1v) is 12.6. The number of aromatic carboxylic acids is 1. The number of fused-ring (bicyclic) bond motifs is 1. The maximum absolute atomic E-state index is 13.9. The lowest BCUT2D eigenvalue weighted by molar-refractivity contribution is -0.124. The molecule has 1 aliphatic carbocycles. The Labute approximate surface area is 217 Å². The lowest BCUT2D eigenvalue weighted by Gasteiger charge is -2.36. The summed E-state index contributed by atoms with van der Waals surface area (Å²) in [5.41, 5.74) is 1.04. The van der Waals surface area contributed by atoms with E-state index in [1.54, 1.807) is 37.3 Å². The van der Waals surface area contributed by atoms with Crippen LogP contribution in [0.3, 0.4) is 0 Å². The summed E-state index contributed by atoms with van der Waals surface area (Å²) in [6.07, 6.45) is 3.50. The van der Waals surface area contributed by atoms with E-state index < -0.39 is 12.0 Å². The molecule has 0 aliphatic heterocycles. The average molecular weight is 507 g/mol. The van der Waals surface area contributed by atoms with Crippen LogP contribution in [0.4, 0.5) is 5.69 Å². The number of methoxy groups -OCH3 is 2. The highest BCUT2D eigenvalue weighted by molar-refractivity contribution is 6.03. The van der Waals surface area contributed by atoms with Crippen molar-refractivity contribution in [2.24, 2.45) is 11.8 Å². The number of rotatable bonds is 10. The Kier molecular flexibility index (Phi) is 8.74. The van der Waals surface area contributed by atoms with Crippen LogP contribution in [0, 0.1) is 11.8 Å². The molecule has 0 unspecified atom stereocenters. The van der Waals surface area contributed by atoms with Crippen LogP contribution in [0.1, 0.15) is 43.0 Å². The van der Waals surface area contributed by atoms with E-state index in [2.05, 4.69) is 11.9 Å². The number of amides is 1. The minimum Gasteiger partial charge on any atom is -0.478 e. The summed E-state index contributed by atoms with van der Waals surface area (Å²) in [5.74, 6) is -0.178. The molecule has 8 nitrogen and oxygen atoms in total. The predicted molar refractivity (Wildman–Crippen MR) is 141 cm³/mol. The van der Waals surface area contributed by atoms with E-state index in [0.29, 0.717) is 23.2 Å². The molecule has 1 aromatic heterocycles. The molecule has 2 aromatic carbocycles. The van der Waals surface area contributed by atoms with E-state index in [9.17, 15) is 14.7 Å². The number of hydrogen-bond acceptors (Lipinski definition) is 6. The molecule has 196 valence electrons. The van der Waals surface area contributed by atoms with Crippen molar-refractivity contribution in [2.45, 2.75) is 38.6 Å². The molecule has 0 atom stereocenters. The Balaban J connectivity index is 1.69. The second kappa shape index (κ2) is 12.2. The maximum Gasteiger partial charge on any atom is 0.337 e. The first-order valence-electron chi connectivity index (χ1n) is 12.6. The molecular weight excluding hydrogens is 472 g/mol. The largest absolute Gasteiger partial charge is 0.478 e.